The highest BCUT2D eigenvalue weighted by Gasteiger charge is 2.35. The number of anilines is 4. The van der Waals surface area contributed by atoms with Crippen molar-refractivity contribution < 1.29 is 24.0 Å². The molecule has 1 unspecified atom stereocenters. The van der Waals surface area contributed by atoms with Gasteiger partial charge in [0.25, 0.3) is 5.69 Å². The number of carbonyl (C=O) groups is 3. The molecule has 190 valence electrons. The molecule has 11 heteroatoms. The summed E-state index contributed by atoms with van der Waals surface area (Å²) in [7, 11) is 1.33. The molecule has 4 rings (SSSR count). The average Bonchev–Trinajstić information content (AvgIpc) is 2.87. The van der Waals surface area contributed by atoms with E-state index in [9.17, 15) is 24.5 Å². The lowest BCUT2D eigenvalue weighted by atomic mass is 10.0. The standard InChI is InChI=1S/C26H25N5O6/c1-16-7-9-17(10-8-16)27-25(33)15-30-21-6-4-3-5-19(21)29-26(34)22(30)14-24(32)28-20-12-11-18(31(35)36)13-23(20)37-2/h3-13,22H,14-15H2,1-2H3,(H,27,33)(H,28,32)(H,29,34). The van der Waals surface area contributed by atoms with E-state index >= 15 is 0 Å². The van der Waals surface area contributed by atoms with Gasteiger partial charge in [0, 0.05) is 11.8 Å². The number of fused-ring (bicyclic) bond motifs is 1. The van der Waals surface area contributed by atoms with Crippen molar-refractivity contribution in [2.75, 3.05) is 34.5 Å². The molecule has 0 saturated carbocycles. The molecule has 3 amide bonds. The van der Waals surface area contributed by atoms with Crippen LogP contribution in [0.15, 0.2) is 66.7 Å². The molecule has 1 atom stereocenters. The summed E-state index contributed by atoms with van der Waals surface area (Å²) in [6, 6.07) is 17.1. The van der Waals surface area contributed by atoms with Crippen molar-refractivity contribution in [1.82, 2.24) is 0 Å². The van der Waals surface area contributed by atoms with E-state index in [1.54, 1.807) is 41.3 Å². The van der Waals surface area contributed by atoms with Crippen LogP contribution in [0.25, 0.3) is 0 Å². The van der Waals surface area contributed by atoms with Gasteiger partial charge in [-0.05, 0) is 37.3 Å². The van der Waals surface area contributed by atoms with Gasteiger partial charge in [-0.2, -0.15) is 0 Å². The molecule has 0 aliphatic carbocycles. The van der Waals surface area contributed by atoms with Crippen LogP contribution < -0.4 is 25.6 Å². The number of aryl methyl sites for hydroxylation is 1. The topological polar surface area (TPSA) is 143 Å². The van der Waals surface area contributed by atoms with Crippen LogP contribution in [0.5, 0.6) is 5.75 Å². The van der Waals surface area contributed by atoms with Gasteiger partial charge < -0.3 is 25.6 Å². The molecule has 37 heavy (non-hydrogen) atoms. The summed E-state index contributed by atoms with van der Waals surface area (Å²) in [4.78, 5) is 51.0. The molecular weight excluding hydrogens is 478 g/mol. The molecule has 1 heterocycles. The van der Waals surface area contributed by atoms with Crippen LogP contribution in [-0.4, -0.2) is 42.3 Å². The van der Waals surface area contributed by atoms with Crippen LogP contribution in [0.4, 0.5) is 28.4 Å². The van der Waals surface area contributed by atoms with Crippen molar-refractivity contribution in [3.8, 4) is 5.75 Å². The monoisotopic (exact) mass is 503 g/mol. The van der Waals surface area contributed by atoms with Gasteiger partial charge in [-0.25, -0.2) is 0 Å². The van der Waals surface area contributed by atoms with Gasteiger partial charge in [0.05, 0.1) is 48.1 Å². The number of benzene rings is 3. The minimum Gasteiger partial charge on any atom is -0.494 e. The summed E-state index contributed by atoms with van der Waals surface area (Å²) in [5.41, 5.74) is 2.83. The summed E-state index contributed by atoms with van der Waals surface area (Å²) in [5, 5.41) is 19.3. The summed E-state index contributed by atoms with van der Waals surface area (Å²) in [6.07, 6.45) is -0.280. The molecular formula is C26H25N5O6. The second-order valence-corrected chi connectivity index (χ2v) is 8.46. The van der Waals surface area contributed by atoms with Gasteiger partial charge >= 0.3 is 0 Å². The first-order chi connectivity index (χ1) is 17.7. The van der Waals surface area contributed by atoms with Gasteiger partial charge in [0.15, 0.2) is 0 Å². The zero-order valence-corrected chi connectivity index (χ0v) is 20.2. The van der Waals surface area contributed by atoms with Gasteiger partial charge in [-0.3, -0.25) is 24.5 Å². The number of carbonyl (C=O) groups excluding carboxylic acids is 3. The lowest BCUT2D eigenvalue weighted by molar-refractivity contribution is -0.384. The Kier molecular flexibility index (Phi) is 7.33. The molecule has 0 bridgehead atoms. The number of methoxy groups -OCH3 is 1. The number of nitrogens with one attached hydrogen (secondary N) is 3. The third-order valence-electron chi connectivity index (χ3n) is 5.85. The van der Waals surface area contributed by atoms with Crippen LogP contribution in [0.3, 0.4) is 0 Å². The fraction of sp³-hybridized carbons (Fsp3) is 0.192. The number of nitro groups is 1. The molecule has 3 aromatic rings. The zero-order chi connectivity index (χ0) is 26.5. The van der Waals surface area contributed by atoms with E-state index in [0.29, 0.717) is 17.1 Å². The molecule has 0 saturated heterocycles. The first-order valence-electron chi connectivity index (χ1n) is 11.4. The van der Waals surface area contributed by atoms with E-state index < -0.39 is 22.8 Å². The Balaban J connectivity index is 1.54. The Hall–Kier alpha value is -4.93. The van der Waals surface area contributed by atoms with E-state index in [0.717, 1.165) is 5.56 Å². The number of rotatable bonds is 8. The highest BCUT2D eigenvalue weighted by Crippen LogP contribution is 2.33. The Morgan fingerprint density at radius 1 is 1.05 bits per heavy atom. The lowest BCUT2D eigenvalue weighted by Crippen LogP contribution is -2.52. The first-order valence-corrected chi connectivity index (χ1v) is 11.4. The second kappa shape index (κ2) is 10.8. The highest BCUT2D eigenvalue weighted by molar-refractivity contribution is 6.08. The van der Waals surface area contributed by atoms with E-state index in [1.807, 2.05) is 19.1 Å². The maximum Gasteiger partial charge on any atom is 0.273 e. The molecule has 0 aromatic heterocycles. The SMILES string of the molecule is COc1cc([N+](=O)[O-])ccc1NC(=O)CC1C(=O)Nc2ccccc2N1CC(=O)Nc1ccc(C)cc1. The van der Waals surface area contributed by atoms with E-state index in [1.165, 1.54) is 25.3 Å². The highest BCUT2D eigenvalue weighted by atomic mass is 16.6. The Morgan fingerprint density at radius 3 is 2.49 bits per heavy atom. The molecule has 11 nitrogen and oxygen atoms in total. The van der Waals surface area contributed by atoms with Crippen LogP contribution in [0.1, 0.15) is 12.0 Å². The number of ether oxygens (including phenoxy) is 1. The van der Waals surface area contributed by atoms with Gasteiger partial charge in [0.2, 0.25) is 17.7 Å². The number of nitro benzene ring substituents is 1. The quantitative estimate of drug-likeness (QED) is 0.314. The van der Waals surface area contributed by atoms with Crippen molar-refractivity contribution in [2.45, 2.75) is 19.4 Å². The largest absolute Gasteiger partial charge is 0.494 e. The molecule has 0 spiro atoms. The molecule has 0 radical (unpaired) electrons. The van der Waals surface area contributed by atoms with Crippen molar-refractivity contribution in [2.24, 2.45) is 0 Å². The summed E-state index contributed by atoms with van der Waals surface area (Å²) < 4.78 is 5.17. The van der Waals surface area contributed by atoms with Crippen molar-refractivity contribution in [3.63, 3.8) is 0 Å². The number of para-hydroxylation sites is 2. The van der Waals surface area contributed by atoms with Crippen LogP contribution >= 0.6 is 0 Å². The van der Waals surface area contributed by atoms with E-state index in [-0.39, 0.29) is 36.0 Å². The normalized spacial score (nSPS) is 14.3. The Bertz CT molecular complexity index is 1360. The fourth-order valence-corrected chi connectivity index (χ4v) is 4.02. The predicted octanol–water partition coefficient (Wildman–Crippen LogP) is 3.71. The van der Waals surface area contributed by atoms with Gasteiger partial charge in [-0.15, -0.1) is 0 Å². The third kappa shape index (κ3) is 5.84. The minimum absolute atomic E-state index is 0.107. The minimum atomic E-state index is -0.984. The molecule has 3 aromatic carbocycles. The second-order valence-electron chi connectivity index (χ2n) is 8.46. The molecule has 1 aliphatic heterocycles. The molecule has 1 aliphatic rings. The summed E-state index contributed by atoms with van der Waals surface area (Å²) >= 11 is 0. The number of nitrogens with zero attached hydrogens (tertiary/aromatic N) is 2. The van der Waals surface area contributed by atoms with Crippen molar-refractivity contribution >= 4 is 46.2 Å². The predicted molar refractivity (Wildman–Crippen MR) is 139 cm³/mol. The Morgan fingerprint density at radius 2 is 1.78 bits per heavy atom. The first kappa shape index (κ1) is 25.2. The maximum atomic E-state index is 13.0. The summed E-state index contributed by atoms with van der Waals surface area (Å²) in [5.74, 6) is -1.21. The lowest BCUT2D eigenvalue weighted by Gasteiger charge is -2.37. The van der Waals surface area contributed by atoms with Crippen molar-refractivity contribution in [3.05, 3.63) is 82.4 Å². The van der Waals surface area contributed by atoms with Gasteiger partial charge in [0.1, 0.15) is 11.8 Å². The smallest absolute Gasteiger partial charge is 0.273 e. The van der Waals surface area contributed by atoms with Crippen molar-refractivity contribution in [1.29, 1.82) is 0 Å². The maximum absolute atomic E-state index is 13.0. The van der Waals surface area contributed by atoms with Gasteiger partial charge in [-0.1, -0.05) is 29.8 Å². The summed E-state index contributed by atoms with van der Waals surface area (Å²) in [6.45, 7) is 1.77. The zero-order valence-electron chi connectivity index (χ0n) is 20.2. The Labute approximate surface area is 212 Å². The fourth-order valence-electron chi connectivity index (χ4n) is 4.02. The van der Waals surface area contributed by atoms with Crippen LogP contribution in [0, 0.1) is 17.0 Å². The molecule has 0 fully saturated rings. The number of amides is 3. The van der Waals surface area contributed by atoms with E-state index in [4.69, 9.17) is 4.74 Å². The molecule has 3 N–H and O–H groups in total. The number of hydrogen-bond donors (Lipinski definition) is 3. The number of non-ortho nitro benzene ring substituents is 1. The number of hydrogen-bond acceptors (Lipinski definition) is 7. The van der Waals surface area contributed by atoms with Crippen LogP contribution in [0.2, 0.25) is 0 Å². The third-order valence-corrected chi connectivity index (χ3v) is 5.85. The average molecular weight is 504 g/mol. The van der Waals surface area contributed by atoms with E-state index in [2.05, 4.69) is 16.0 Å². The van der Waals surface area contributed by atoms with Crippen LogP contribution in [-0.2, 0) is 14.4 Å².